The van der Waals surface area contributed by atoms with Crippen LogP contribution in [0.4, 0.5) is 0 Å². The van der Waals surface area contributed by atoms with Crippen molar-refractivity contribution in [1.29, 1.82) is 0 Å². The van der Waals surface area contributed by atoms with Crippen molar-refractivity contribution >= 4 is 21.9 Å². The molecule has 26 heavy (non-hydrogen) atoms. The molecule has 0 saturated heterocycles. The Balaban J connectivity index is 1.95. The van der Waals surface area contributed by atoms with E-state index >= 15 is 0 Å². The van der Waals surface area contributed by atoms with Crippen molar-refractivity contribution in [1.82, 2.24) is 0 Å². The van der Waals surface area contributed by atoms with Crippen LogP contribution in [0.2, 0.25) is 0 Å². The maximum Gasteiger partial charge on any atom is 0.335 e. The molecule has 0 fully saturated rings. The molecule has 3 rings (SSSR count). The Kier molecular flexibility index (Phi) is 5.86. The van der Waals surface area contributed by atoms with Crippen LogP contribution >= 0.6 is 15.9 Å². The molecule has 3 aromatic carbocycles. The number of aliphatic hydroxyl groups excluding tert-OH is 1. The van der Waals surface area contributed by atoms with Gasteiger partial charge in [0.25, 0.3) is 0 Å². The number of halogens is 1. The number of aliphatic hydroxyl groups is 1. The van der Waals surface area contributed by atoms with Crippen LogP contribution in [-0.4, -0.2) is 24.3 Å². The number of methoxy groups -OCH3 is 1. The predicted octanol–water partition coefficient (Wildman–Crippen LogP) is 4.86. The minimum absolute atomic E-state index is 0.209. The quantitative estimate of drug-likeness (QED) is 0.610. The summed E-state index contributed by atoms with van der Waals surface area (Å²) in [7, 11) is 1.27. The lowest BCUT2D eigenvalue weighted by molar-refractivity contribution is -0.150. The number of esters is 1. The zero-order valence-corrected chi connectivity index (χ0v) is 15.9. The van der Waals surface area contributed by atoms with Gasteiger partial charge in [-0.2, -0.15) is 0 Å². The highest BCUT2D eigenvalue weighted by Crippen LogP contribution is 2.34. The van der Waals surface area contributed by atoms with Gasteiger partial charge in [0.05, 0.1) is 7.11 Å². The second-order valence-electron chi connectivity index (χ2n) is 5.96. The molecule has 0 amide bonds. The van der Waals surface area contributed by atoms with E-state index in [2.05, 4.69) is 51.0 Å². The maximum absolute atomic E-state index is 11.5. The first-order chi connectivity index (χ1) is 12.6. The summed E-state index contributed by atoms with van der Waals surface area (Å²) in [5.74, 6) is -0.625. The smallest absolute Gasteiger partial charge is 0.335 e. The highest BCUT2D eigenvalue weighted by atomic mass is 79.9. The molecule has 132 valence electrons. The fourth-order valence-electron chi connectivity index (χ4n) is 2.94. The van der Waals surface area contributed by atoms with Crippen LogP contribution in [0, 0.1) is 0 Å². The Labute approximate surface area is 161 Å². The summed E-state index contributed by atoms with van der Waals surface area (Å²) in [4.78, 5) is 11.5. The van der Waals surface area contributed by atoms with Crippen LogP contribution in [0.1, 0.15) is 5.56 Å². The van der Waals surface area contributed by atoms with E-state index in [9.17, 15) is 9.90 Å². The molecule has 1 unspecified atom stereocenters. The lowest BCUT2D eigenvalue weighted by Crippen LogP contribution is -2.24. The SMILES string of the molecule is COC(=O)C(O)Cc1ccccc1-c1ccc(-c2ccccc2)c(Br)c1. The van der Waals surface area contributed by atoms with Crippen molar-refractivity contribution in [2.75, 3.05) is 7.11 Å². The Bertz CT molecular complexity index is 906. The number of carbonyl (C=O) groups is 1. The summed E-state index contributed by atoms with van der Waals surface area (Å²) in [6, 6.07) is 24.1. The van der Waals surface area contributed by atoms with E-state index in [1.54, 1.807) is 0 Å². The third-order valence-corrected chi connectivity index (χ3v) is 4.92. The van der Waals surface area contributed by atoms with Crippen LogP contribution in [0.15, 0.2) is 77.3 Å². The fourth-order valence-corrected chi connectivity index (χ4v) is 3.55. The maximum atomic E-state index is 11.5. The van der Waals surface area contributed by atoms with Gasteiger partial charge in [0.15, 0.2) is 6.10 Å². The standard InChI is InChI=1S/C22H19BrO3/c1-26-22(25)21(24)14-16-9-5-6-10-18(16)17-11-12-19(20(23)13-17)15-7-3-2-4-8-15/h2-13,21,24H,14H2,1H3. The van der Waals surface area contributed by atoms with Gasteiger partial charge >= 0.3 is 5.97 Å². The number of hydrogen-bond acceptors (Lipinski definition) is 3. The van der Waals surface area contributed by atoms with Crippen molar-refractivity contribution < 1.29 is 14.6 Å². The van der Waals surface area contributed by atoms with Crippen LogP contribution in [0.3, 0.4) is 0 Å². The molecule has 0 aliphatic heterocycles. The summed E-state index contributed by atoms with van der Waals surface area (Å²) in [6.45, 7) is 0. The molecular formula is C22H19BrO3. The first kappa shape index (κ1) is 18.4. The molecule has 0 spiro atoms. The van der Waals surface area contributed by atoms with Gasteiger partial charge in [0.2, 0.25) is 0 Å². The highest BCUT2D eigenvalue weighted by molar-refractivity contribution is 9.10. The normalized spacial score (nSPS) is 11.8. The zero-order chi connectivity index (χ0) is 18.5. The molecule has 0 radical (unpaired) electrons. The van der Waals surface area contributed by atoms with Gasteiger partial charge in [-0.25, -0.2) is 4.79 Å². The molecule has 4 heteroatoms. The molecule has 1 N–H and O–H groups in total. The Hall–Kier alpha value is -2.43. The summed E-state index contributed by atoms with van der Waals surface area (Å²) in [5.41, 5.74) is 5.14. The van der Waals surface area contributed by atoms with Gasteiger partial charge < -0.3 is 9.84 Å². The third kappa shape index (κ3) is 4.03. The molecule has 1 atom stereocenters. The van der Waals surface area contributed by atoms with Gasteiger partial charge in [-0.15, -0.1) is 0 Å². The highest BCUT2D eigenvalue weighted by Gasteiger charge is 2.18. The van der Waals surface area contributed by atoms with Gasteiger partial charge in [-0.05, 0) is 33.9 Å². The number of benzene rings is 3. The summed E-state index contributed by atoms with van der Waals surface area (Å²) >= 11 is 3.67. The van der Waals surface area contributed by atoms with E-state index in [4.69, 9.17) is 0 Å². The van der Waals surface area contributed by atoms with E-state index in [1.807, 2.05) is 42.5 Å². The monoisotopic (exact) mass is 410 g/mol. The second-order valence-corrected chi connectivity index (χ2v) is 6.82. The van der Waals surface area contributed by atoms with E-state index < -0.39 is 12.1 Å². The van der Waals surface area contributed by atoms with Gasteiger partial charge in [0.1, 0.15) is 0 Å². The molecule has 3 aromatic rings. The van der Waals surface area contributed by atoms with Crippen LogP contribution in [0.5, 0.6) is 0 Å². The Morgan fingerprint density at radius 1 is 0.962 bits per heavy atom. The molecule has 0 heterocycles. The average Bonchev–Trinajstić information content (AvgIpc) is 2.68. The average molecular weight is 411 g/mol. The first-order valence-corrected chi connectivity index (χ1v) is 9.08. The molecule has 0 aliphatic carbocycles. The van der Waals surface area contributed by atoms with Crippen molar-refractivity contribution in [3.05, 3.63) is 82.8 Å². The Morgan fingerprint density at radius 2 is 1.65 bits per heavy atom. The fraction of sp³-hybridized carbons (Fsp3) is 0.136. The molecular weight excluding hydrogens is 392 g/mol. The van der Waals surface area contributed by atoms with Gasteiger partial charge in [0, 0.05) is 10.9 Å². The first-order valence-electron chi connectivity index (χ1n) is 8.29. The number of carbonyl (C=O) groups excluding carboxylic acids is 1. The third-order valence-electron chi connectivity index (χ3n) is 4.27. The van der Waals surface area contributed by atoms with Crippen LogP contribution < -0.4 is 0 Å². The van der Waals surface area contributed by atoms with Crippen molar-refractivity contribution in [2.45, 2.75) is 12.5 Å². The summed E-state index contributed by atoms with van der Waals surface area (Å²) < 4.78 is 5.61. The van der Waals surface area contributed by atoms with Gasteiger partial charge in [-0.1, -0.05) is 82.7 Å². The number of hydrogen-bond donors (Lipinski definition) is 1. The lowest BCUT2D eigenvalue weighted by atomic mass is 9.94. The lowest BCUT2D eigenvalue weighted by Gasteiger charge is -2.14. The van der Waals surface area contributed by atoms with E-state index in [1.165, 1.54) is 7.11 Å². The summed E-state index contributed by atoms with van der Waals surface area (Å²) in [6.07, 6.45) is -0.964. The molecule has 0 bridgehead atoms. The van der Waals surface area contributed by atoms with Crippen molar-refractivity contribution in [3.63, 3.8) is 0 Å². The second kappa shape index (κ2) is 8.30. The number of ether oxygens (including phenoxy) is 1. The Morgan fingerprint density at radius 3 is 2.35 bits per heavy atom. The molecule has 0 saturated carbocycles. The van der Waals surface area contributed by atoms with E-state index in [0.29, 0.717) is 0 Å². The number of rotatable bonds is 5. The minimum atomic E-state index is -1.17. The molecule has 0 aliphatic rings. The molecule has 3 nitrogen and oxygen atoms in total. The van der Waals surface area contributed by atoms with E-state index in [-0.39, 0.29) is 6.42 Å². The van der Waals surface area contributed by atoms with Crippen molar-refractivity contribution in [2.24, 2.45) is 0 Å². The zero-order valence-electron chi connectivity index (χ0n) is 14.4. The van der Waals surface area contributed by atoms with Gasteiger partial charge in [-0.3, -0.25) is 0 Å². The van der Waals surface area contributed by atoms with Crippen LogP contribution in [0.25, 0.3) is 22.3 Å². The van der Waals surface area contributed by atoms with Crippen molar-refractivity contribution in [3.8, 4) is 22.3 Å². The largest absolute Gasteiger partial charge is 0.467 e. The topological polar surface area (TPSA) is 46.5 Å². The molecule has 0 aromatic heterocycles. The van der Waals surface area contributed by atoms with E-state index in [0.717, 1.165) is 32.3 Å². The minimum Gasteiger partial charge on any atom is -0.467 e. The predicted molar refractivity (Wildman–Crippen MR) is 107 cm³/mol. The summed E-state index contributed by atoms with van der Waals surface area (Å²) in [5, 5.41) is 10.0. The van der Waals surface area contributed by atoms with Crippen LogP contribution in [-0.2, 0) is 16.0 Å².